The van der Waals surface area contributed by atoms with Crippen LogP contribution in [0.3, 0.4) is 0 Å². The number of hydrogen-bond donors (Lipinski definition) is 1. The van der Waals surface area contributed by atoms with E-state index in [-0.39, 0.29) is 24.3 Å². The Morgan fingerprint density at radius 1 is 1.00 bits per heavy atom. The number of amides is 1. The Hall–Kier alpha value is -2.62. The lowest BCUT2D eigenvalue weighted by atomic mass is 9.90. The Bertz CT molecular complexity index is 827. The van der Waals surface area contributed by atoms with Crippen LogP contribution in [0.1, 0.15) is 54.0 Å². The van der Waals surface area contributed by atoms with Crippen LogP contribution >= 0.6 is 0 Å². The van der Waals surface area contributed by atoms with Crippen molar-refractivity contribution < 1.29 is 14.3 Å². The number of nitrogens with one attached hydrogen (secondary N) is 1. The summed E-state index contributed by atoms with van der Waals surface area (Å²) >= 11 is 0. The minimum absolute atomic E-state index is 0.188. The van der Waals surface area contributed by atoms with E-state index in [0.29, 0.717) is 5.56 Å². The molecule has 1 amide bonds. The van der Waals surface area contributed by atoms with Gasteiger partial charge in [0, 0.05) is 11.6 Å². The normalized spacial score (nSPS) is 16.9. The molecule has 0 heterocycles. The highest BCUT2D eigenvalue weighted by molar-refractivity contribution is 5.85. The first-order valence-electron chi connectivity index (χ1n) is 9.84. The van der Waals surface area contributed by atoms with E-state index >= 15 is 0 Å². The molecule has 1 fully saturated rings. The number of carbonyl (C=O) groups is 2. The molecule has 2 aliphatic rings. The summed E-state index contributed by atoms with van der Waals surface area (Å²) in [5.74, 6) is -0.604. The van der Waals surface area contributed by atoms with Crippen molar-refractivity contribution in [2.45, 2.75) is 57.1 Å². The summed E-state index contributed by atoms with van der Waals surface area (Å²) in [4.78, 5) is 25.2. The molecule has 4 heteroatoms. The lowest BCUT2D eigenvalue weighted by Gasteiger charge is -2.19. The number of ether oxygens (including phenoxy) is 1. The highest BCUT2D eigenvalue weighted by atomic mass is 16.5. The summed E-state index contributed by atoms with van der Waals surface area (Å²) in [6, 6.07) is 15.7. The van der Waals surface area contributed by atoms with Crippen molar-refractivity contribution in [3.63, 3.8) is 0 Å². The first-order chi connectivity index (χ1) is 13.2. The molecule has 0 saturated heterocycles. The van der Waals surface area contributed by atoms with Gasteiger partial charge in [-0.2, -0.15) is 0 Å². The SMILES string of the molecule is O=C(Cc1ccc2c(c1)CCCC2)O[C@H](C(=O)NC1CC1)c1ccccc1. The molecule has 1 atom stereocenters. The molecule has 2 aromatic rings. The zero-order valence-corrected chi connectivity index (χ0v) is 15.4. The van der Waals surface area contributed by atoms with Gasteiger partial charge in [0.1, 0.15) is 0 Å². The second kappa shape index (κ2) is 7.95. The summed E-state index contributed by atoms with van der Waals surface area (Å²) < 4.78 is 5.62. The third-order valence-corrected chi connectivity index (χ3v) is 5.27. The fraction of sp³-hybridized carbons (Fsp3) is 0.391. The molecule has 140 valence electrons. The Balaban J connectivity index is 1.45. The van der Waals surface area contributed by atoms with E-state index in [1.807, 2.05) is 36.4 Å². The predicted octanol–water partition coefficient (Wildman–Crippen LogP) is 3.67. The van der Waals surface area contributed by atoms with E-state index in [9.17, 15) is 9.59 Å². The molecule has 1 saturated carbocycles. The molecule has 4 nitrogen and oxygen atoms in total. The number of rotatable bonds is 6. The molecule has 2 aromatic carbocycles. The van der Waals surface area contributed by atoms with Gasteiger partial charge in [0.2, 0.25) is 6.10 Å². The van der Waals surface area contributed by atoms with Crippen LogP contribution in [0.2, 0.25) is 0 Å². The number of fused-ring (bicyclic) bond motifs is 1. The fourth-order valence-electron chi connectivity index (χ4n) is 3.64. The second-order valence-electron chi connectivity index (χ2n) is 7.55. The number of benzene rings is 2. The number of esters is 1. The van der Waals surface area contributed by atoms with Gasteiger partial charge in [-0.3, -0.25) is 9.59 Å². The lowest BCUT2D eigenvalue weighted by molar-refractivity contribution is -0.156. The van der Waals surface area contributed by atoms with Gasteiger partial charge in [0.25, 0.3) is 5.91 Å². The van der Waals surface area contributed by atoms with Crippen molar-refractivity contribution in [3.05, 3.63) is 70.8 Å². The van der Waals surface area contributed by atoms with Crippen LogP contribution < -0.4 is 5.32 Å². The average Bonchev–Trinajstić information content (AvgIpc) is 3.50. The minimum atomic E-state index is -0.892. The van der Waals surface area contributed by atoms with E-state index < -0.39 is 6.10 Å². The highest BCUT2D eigenvalue weighted by Gasteiger charge is 2.30. The molecule has 2 aliphatic carbocycles. The predicted molar refractivity (Wildman–Crippen MR) is 103 cm³/mol. The van der Waals surface area contributed by atoms with Gasteiger partial charge >= 0.3 is 5.97 Å². The highest BCUT2D eigenvalue weighted by Crippen LogP contribution is 2.25. The van der Waals surface area contributed by atoms with Gasteiger partial charge in [-0.05, 0) is 55.2 Å². The molecule has 0 spiro atoms. The zero-order chi connectivity index (χ0) is 18.6. The third-order valence-electron chi connectivity index (χ3n) is 5.27. The number of carbonyl (C=O) groups excluding carboxylic acids is 2. The summed E-state index contributed by atoms with van der Waals surface area (Å²) in [6.45, 7) is 0. The van der Waals surface area contributed by atoms with Crippen LogP contribution in [-0.2, 0) is 33.6 Å². The summed E-state index contributed by atoms with van der Waals surface area (Å²) in [5, 5.41) is 2.95. The van der Waals surface area contributed by atoms with E-state index in [2.05, 4.69) is 17.4 Å². The topological polar surface area (TPSA) is 55.4 Å². The van der Waals surface area contributed by atoms with Crippen LogP contribution in [0.5, 0.6) is 0 Å². The smallest absolute Gasteiger partial charge is 0.311 e. The Morgan fingerprint density at radius 3 is 2.48 bits per heavy atom. The fourth-order valence-corrected chi connectivity index (χ4v) is 3.64. The van der Waals surface area contributed by atoms with Crippen LogP contribution in [0, 0.1) is 0 Å². The van der Waals surface area contributed by atoms with Crippen molar-refractivity contribution in [1.29, 1.82) is 0 Å². The Labute approximate surface area is 159 Å². The molecule has 0 aliphatic heterocycles. The van der Waals surface area contributed by atoms with Gasteiger partial charge < -0.3 is 10.1 Å². The number of hydrogen-bond acceptors (Lipinski definition) is 3. The largest absolute Gasteiger partial charge is 0.447 e. The summed E-state index contributed by atoms with van der Waals surface area (Å²) in [7, 11) is 0. The van der Waals surface area contributed by atoms with Crippen molar-refractivity contribution >= 4 is 11.9 Å². The molecule has 0 aromatic heterocycles. The minimum Gasteiger partial charge on any atom is -0.447 e. The monoisotopic (exact) mass is 363 g/mol. The maximum Gasteiger partial charge on any atom is 0.311 e. The van der Waals surface area contributed by atoms with Gasteiger partial charge in [-0.1, -0.05) is 48.5 Å². The van der Waals surface area contributed by atoms with Crippen LogP contribution in [0.15, 0.2) is 48.5 Å². The third kappa shape index (κ3) is 4.57. The molecular weight excluding hydrogens is 338 g/mol. The maximum atomic E-state index is 12.6. The first kappa shape index (κ1) is 17.8. The molecule has 0 radical (unpaired) electrons. The standard InChI is InChI=1S/C23H25NO3/c25-21(15-16-10-11-17-6-4-5-9-19(17)14-16)27-22(18-7-2-1-3-8-18)23(26)24-20-12-13-20/h1-3,7-8,10-11,14,20,22H,4-6,9,12-13,15H2,(H,24,26)/t22-/m0/s1. The van der Waals surface area contributed by atoms with Crippen LogP contribution in [0.4, 0.5) is 0 Å². The Morgan fingerprint density at radius 2 is 1.74 bits per heavy atom. The molecule has 1 N–H and O–H groups in total. The summed E-state index contributed by atoms with van der Waals surface area (Å²) in [6.07, 6.45) is 5.94. The Kier molecular flexibility index (Phi) is 5.23. The van der Waals surface area contributed by atoms with Crippen molar-refractivity contribution in [3.8, 4) is 0 Å². The van der Waals surface area contributed by atoms with Gasteiger partial charge in [0.05, 0.1) is 6.42 Å². The molecule has 0 unspecified atom stereocenters. The van der Waals surface area contributed by atoms with Crippen molar-refractivity contribution in [2.24, 2.45) is 0 Å². The average molecular weight is 363 g/mol. The number of aryl methyl sites for hydroxylation is 2. The van der Waals surface area contributed by atoms with E-state index in [1.54, 1.807) is 0 Å². The molecule has 0 bridgehead atoms. The first-order valence-corrected chi connectivity index (χ1v) is 9.84. The van der Waals surface area contributed by atoms with E-state index in [4.69, 9.17) is 4.74 Å². The zero-order valence-electron chi connectivity index (χ0n) is 15.4. The molecular formula is C23H25NO3. The molecule has 4 rings (SSSR count). The summed E-state index contributed by atoms with van der Waals surface area (Å²) in [5.41, 5.74) is 4.39. The second-order valence-corrected chi connectivity index (χ2v) is 7.55. The maximum absolute atomic E-state index is 12.6. The van der Waals surface area contributed by atoms with Crippen molar-refractivity contribution in [1.82, 2.24) is 5.32 Å². The van der Waals surface area contributed by atoms with Gasteiger partial charge in [-0.25, -0.2) is 0 Å². The quantitative estimate of drug-likeness (QED) is 0.797. The molecule has 27 heavy (non-hydrogen) atoms. The van der Waals surface area contributed by atoms with Gasteiger partial charge in [0.15, 0.2) is 0 Å². The van der Waals surface area contributed by atoms with Gasteiger partial charge in [-0.15, -0.1) is 0 Å². The van der Waals surface area contributed by atoms with E-state index in [0.717, 1.165) is 31.2 Å². The lowest BCUT2D eigenvalue weighted by Crippen LogP contribution is -2.33. The van der Waals surface area contributed by atoms with Crippen molar-refractivity contribution in [2.75, 3.05) is 0 Å². The van der Waals surface area contributed by atoms with E-state index in [1.165, 1.54) is 24.0 Å². The van der Waals surface area contributed by atoms with Crippen LogP contribution in [-0.4, -0.2) is 17.9 Å². The van der Waals surface area contributed by atoms with Crippen LogP contribution in [0.25, 0.3) is 0 Å².